The maximum atomic E-state index is 5.28. The number of hydrogen-bond donors (Lipinski definition) is 1. The molecule has 0 saturated carbocycles. The maximum Gasteiger partial charge on any atom is 0.122 e. The third kappa shape index (κ3) is 3.39. The summed E-state index contributed by atoms with van der Waals surface area (Å²) in [5.41, 5.74) is 1.13. The second-order valence-electron chi connectivity index (χ2n) is 5.07. The minimum Gasteiger partial charge on any atom is -0.497 e. The Morgan fingerprint density at radius 1 is 1.39 bits per heavy atom. The molecule has 0 aliphatic carbocycles. The SMILES string of the molecule is COc1cc(Br)cc(NC2CCN(C)C(C)C2)c1. The van der Waals surface area contributed by atoms with Crippen molar-refractivity contribution in [2.45, 2.75) is 31.8 Å². The van der Waals surface area contributed by atoms with Gasteiger partial charge in [-0.15, -0.1) is 0 Å². The minimum absolute atomic E-state index is 0.551. The van der Waals surface area contributed by atoms with Crippen molar-refractivity contribution in [1.82, 2.24) is 4.90 Å². The van der Waals surface area contributed by atoms with E-state index in [9.17, 15) is 0 Å². The second-order valence-corrected chi connectivity index (χ2v) is 5.99. The second kappa shape index (κ2) is 5.93. The normalized spacial score (nSPS) is 24.9. The van der Waals surface area contributed by atoms with Crippen molar-refractivity contribution in [2.24, 2.45) is 0 Å². The smallest absolute Gasteiger partial charge is 0.122 e. The number of nitrogens with zero attached hydrogens (tertiary/aromatic N) is 1. The van der Waals surface area contributed by atoms with Crippen molar-refractivity contribution in [3.8, 4) is 5.75 Å². The first kappa shape index (κ1) is 13.7. The highest BCUT2D eigenvalue weighted by Gasteiger charge is 2.22. The van der Waals surface area contributed by atoms with E-state index in [1.54, 1.807) is 7.11 Å². The number of anilines is 1. The molecule has 4 heteroatoms. The molecule has 0 bridgehead atoms. The van der Waals surface area contributed by atoms with Crippen LogP contribution in [-0.2, 0) is 0 Å². The van der Waals surface area contributed by atoms with E-state index in [1.165, 1.54) is 12.8 Å². The Morgan fingerprint density at radius 3 is 2.83 bits per heavy atom. The van der Waals surface area contributed by atoms with E-state index in [1.807, 2.05) is 12.1 Å². The van der Waals surface area contributed by atoms with Gasteiger partial charge in [-0.1, -0.05) is 15.9 Å². The molecular weight excluding hydrogens is 292 g/mol. The average Bonchev–Trinajstić information content (AvgIpc) is 2.33. The summed E-state index contributed by atoms with van der Waals surface area (Å²) in [6.07, 6.45) is 2.38. The number of piperidine rings is 1. The van der Waals surface area contributed by atoms with Crippen LogP contribution in [0.2, 0.25) is 0 Å². The Labute approximate surface area is 118 Å². The minimum atomic E-state index is 0.551. The summed E-state index contributed by atoms with van der Waals surface area (Å²) in [5, 5.41) is 3.61. The lowest BCUT2D eigenvalue weighted by atomic mass is 9.98. The molecule has 18 heavy (non-hydrogen) atoms. The van der Waals surface area contributed by atoms with Gasteiger partial charge in [-0.05, 0) is 38.9 Å². The Hall–Kier alpha value is -0.740. The van der Waals surface area contributed by atoms with E-state index in [-0.39, 0.29) is 0 Å². The van der Waals surface area contributed by atoms with Gasteiger partial charge in [0.25, 0.3) is 0 Å². The molecule has 1 aromatic carbocycles. The number of rotatable bonds is 3. The largest absolute Gasteiger partial charge is 0.497 e. The first-order chi connectivity index (χ1) is 8.58. The Morgan fingerprint density at radius 2 is 2.17 bits per heavy atom. The molecule has 1 aromatic rings. The Balaban J connectivity index is 2.03. The number of ether oxygens (including phenoxy) is 1. The van der Waals surface area contributed by atoms with Gasteiger partial charge in [-0.25, -0.2) is 0 Å². The van der Waals surface area contributed by atoms with Gasteiger partial charge in [0.15, 0.2) is 0 Å². The molecule has 1 N–H and O–H groups in total. The van der Waals surface area contributed by atoms with Gasteiger partial charge < -0.3 is 15.0 Å². The van der Waals surface area contributed by atoms with E-state index < -0.39 is 0 Å². The Kier molecular flexibility index (Phi) is 4.51. The van der Waals surface area contributed by atoms with Gasteiger partial charge in [0.2, 0.25) is 0 Å². The number of halogens is 1. The van der Waals surface area contributed by atoms with Crippen LogP contribution in [0.3, 0.4) is 0 Å². The molecular formula is C14H21BrN2O. The van der Waals surface area contributed by atoms with Crippen LogP contribution in [0.4, 0.5) is 5.69 Å². The lowest BCUT2D eigenvalue weighted by molar-refractivity contribution is 0.190. The van der Waals surface area contributed by atoms with Gasteiger partial charge in [0, 0.05) is 34.9 Å². The van der Waals surface area contributed by atoms with Crippen molar-refractivity contribution < 1.29 is 4.74 Å². The number of nitrogens with one attached hydrogen (secondary N) is 1. The maximum absolute atomic E-state index is 5.28. The van der Waals surface area contributed by atoms with Crippen LogP contribution >= 0.6 is 15.9 Å². The van der Waals surface area contributed by atoms with E-state index in [0.29, 0.717) is 12.1 Å². The number of benzene rings is 1. The average molecular weight is 313 g/mol. The fourth-order valence-corrected chi connectivity index (χ4v) is 2.89. The highest BCUT2D eigenvalue weighted by molar-refractivity contribution is 9.10. The summed E-state index contributed by atoms with van der Waals surface area (Å²) in [7, 11) is 3.90. The summed E-state index contributed by atoms with van der Waals surface area (Å²) in [4.78, 5) is 2.42. The van der Waals surface area contributed by atoms with Crippen molar-refractivity contribution in [3.05, 3.63) is 22.7 Å². The van der Waals surface area contributed by atoms with Crippen molar-refractivity contribution in [3.63, 3.8) is 0 Å². The monoisotopic (exact) mass is 312 g/mol. The van der Waals surface area contributed by atoms with E-state index in [2.05, 4.69) is 46.2 Å². The predicted octanol–water partition coefficient (Wildman–Crippen LogP) is 3.35. The van der Waals surface area contributed by atoms with Gasteiger partial charge >= 0.3 is 0 Å². The molecule has 1 saturated heterocycles. The molecule has 1 fully saturated rings. The molecule has 0 amide bonds. The Bertz CT molecular complexity index is 411. The molecule has 3 nitrogen and oxygen atoms in total. The summed E-state index contributed by atoms with van der Waals surface area (Å²) in [6.45, 7) is 3.44. The standard InChI is InChI=1S/C14H21BrN2O/c1-10-6-12(4-5-17(10)2)16-13-7-11(15)8-14(9-13)18-3/h7-10,12,16H,4-6H2,1-3H3. The summed E-state index contributed by atoms with van der Waals surface area (Å²) in [6, 6.07) is 7.32. The number of hydrogen-bond acceptors (Lipinski definition) is 3. The molecule has 1 heterocycles. The topological polar surface area (TPSA) is 24.5 Å². The van der Waals surface area contributed by atoms with Gasteiger partial charge in [-0.2, -0.15) is 0 Å². The van der Waals surface area contributed by atoms with E-state index in [0.717, 1.165) is 22.5 Å². The molecule has 1 aliphatic heterocycles. The van der Waals surface area contributed by atoms with Crippen LogP contribution < -0.4 is 10.1 Å². The van der Waals surface area contributed by atoms with Crippen LogP contribution in [0.25, 0.3) is 0 Å². The fraction of sp³-hybridized carbons (Fsp3) is 0.571. The third-order valence-electron chi connectivity index (χ3n) is 3.69. The van der Waals surface area contributed by atoms with E-state index >= 15 is 0 Å². The molecule has 2 rings (SSSR count). The number of methoxy groups -OCH3 is 1. The zero-order valence-electron chi connectivity index (χ0n) is 11.2. The van der Waals surface area contributed by atoms with Crippen LogP contribution in [0.5, 0.6) is 5.75 Å². The molecule has 0 spiro atoms. The highest BCUT2D eigenvalue weighted by atomic mass is 79.9. The lowest BCUT2D eigenvalue weighted by Crippen LogP contribution is -2.42. The van der Waals surface area contributed by atoms with Gasteiger partial charge in [0.1, 0.15) is 5.75 Å². The predicted molar refractivity (Wildman–Crippen MR) is 79.4 cm³/mol. The quantitative estimate of drug-likeness (QED) is 0.926. The summed E-state index contributed by atoms with van der Waals surface area (Å²) in [5.74, 6) is 0.882. The molecule has 2 atom stereocenters. The van der Waals surface area contributed by atoms with E-state index in [4.69, 9.17) is 4.74 Å². The molecule has 1 aliphatic rings. The van der Waals surface area contributed by atoms with Gasteiger partial charge in [-0.3, -0.25) is 0 Å². The number of likely N-dealkylation sites (tertiary alicyclic amines) is 1. The zero-order chi connectivity index (χ0) is 13.1. The summed E-state index contributed by atoms with van der Waals surface area (Å²) >= 11 is 3.51. The third-order valence-corrected chi connectivity index (χ3v) is 4.14. The van der Waals surface area contributed by atoms with Crippen LogP contribution in [0.1, 0.15) is 19.8 Å². The summed E-state index contributed by atoms with van der Waals surface area (Å²) < 4.78 is 6.33. The molecule has 0 radical (unpaired) electrons. The lowest BCUT2D eigenvalue weighted by Gasteiger charge is -2.35. The van der Waals surface area contributed by atoms with Crippen molar-refractivity contribution in [1.29, 1.82) is 0 Å². The molecule has 0 aromatic heterocycles. The van der Waals surface area contributed by atoms with Crippen molar-refractivity contribution >= 4 is 21.6 Å². The van der Waals surface area contributed by atoms with Crippen LogP contribution in [-0.4, -0.2) is 37.7 Å². The van der Waals surface area contributed by atoms with Crippen molar-refractivity contribution in [2.75, 3.05) is 26.0 Å². The molecule has 2 unspecified atom stereocenters. The zero-order valence-corrected chi connectivity index (χ0v) is 12.8. The van der Waals surface area contributed by atoms with Crippen LogP contribution in [0.15, 0.2) is 22.7 Å². The fourth-order valence-electron chi connectivity index (χ4n) is 2.42. The molecule has 100 valence electrons. The van der Waals surface area contributed by atoms with Crippen LogP contribution in [0, 0.1) is 0 Å². The first-order valence-corrected chi connectivity index (χ1v) is 7.19. The highest BCUT2D eigenvalue weighted by Crippen LogP contribution is 2.27. The van der Waals surface area contributed by atoms with Gasteiger partial charge in [0.05, 0.1) is 7.11 Å². The first-order valence-electron chi connectivity index (χ1n) is 6.40.